The number of rotatable bonds is 9. The number of sulfonamides is 1. The van der Waals surface area contributed by atoms with Crippen molar-refractivity contribution >= 4 is 43.2 Å². The number of hydrogen-bond donors (Lipinski definition) is 2. The van der Waals surface area contributed by atoms with Crippen LogP contribution in [-0.4, -0.2) is 27.3 Å². The SMILES string of the molecule is CCCNCCCCS(=O)(=O)Nc1ccc(Cl)cc1Br. The van der Waals surface area contributed by atoms with Crippen molar-refractivity contribution in [1.29, 1.82) is 0 Å². The summed E-state index contributed by atoms with van der Waals surface area (Å²) < 4.78 is 27.1. The van der Waals surface area contributed by atoms with Gasteiger partial charge in [-0.05, 0) is 66.5 Å². The van der Waals surface area contributed by atoms with E-state index in [1.165, 1.54) is 0 Å². The van der Waals surface area contributed by atoms with Crippen molar-refractivity contribution in [2.24, 2.45) is 0 Å². The zero-order valence-electron chi connectivity index (χ0n) is 11.5. The lowest BCUT2D eigenvalue weighted by atomic mass is 10.3. The molecule has 0 heterocycles. The summed E-state index contributed by atoms with van der Waals surface area (Å²) in [7, 11) is -3.31. The van der Waals surface area contributed by atoms with Crippen molar-refractivity contribution in [1.82, 2.24) is 5.32 Å². The highest BCUT2D eigenvalue weighted by Crippen LogP contribution is 2.26. The molecule has 0 saturated carbocycles. The fourth-order valence-corrected chi connectivity index (χ4v) is 3.75. The van der Waals surface area contributed by atoms with Crippen LogP contribution in [0.2, 0.25) is 5.02 Å². The van der Waals surface area contributed by atoms with Gasteiger partial charge < -0.3 is 5.32 Å². The third-order valence-corrected chi connectivity index (χ3v) is 4.89. The maximum atomic E-state index is 11.9. The molecular formula is C13H20BrClN2O2S. The molecule has 1 aromatic rings. The fourth-order valence-electron chi connectivity index (χ4n) is 1.63. The first kappa shape index (κ1) is 17.8. The van der Waals surface area contributed by atoms with Crippen molar-refractivity contribution < 1.29 is 8.42 Å². The van der Waals surface area contributed by atoms with Crippen LogP contribution in [0.1, 0.15) is 26.2 Å². The van der Waals surface area contributed by atoms with Gasteiger partial charge in [-0.15, -0.1) is 0 Å². The summed E-state index contributed by atoms with van der Waals surface area (Å²) >= 11 is 9.11. The van der Waals surface area contributed by atoms with Gasteiger partial charge in [0.25, 0.3) is 0 Å². The molecule has 0 amide bonds. The van der Waals surface area contributed by atoms with Crippen LogP contribution in [0.25, 0.3) is 0 Å². The van der Waals surface area contributed by atoms with Crippen molar-refractivity contribution in [2.45, 2.75) is 26.2 Å². The summed E-state index contributed by atoms with van der Waals surface area (Å²) in [5, 5.41) is 3.81. The van der Waals surface area contributed by atoms with Gasteiger partial charge in [0.15, 0.2) is 0 Å². The zero-order chi connectivity index (χ0) is 15.0. The average molecular weight is 384 g/mol. The Balaban J connectivity index is 2.41. The molecule has 0 aromatic heterocycles. The lowest BCUT2D eigenvalue weighted by Gasteiger charge is -2.10. The Kier molecular flexibility index (Phi) is 7.87. The molecule has 20 heavy (non-hydrogen) atoms. The highest BCUT2D eigenvalue weighted by atomic mass is 79.9. The van der Waals surface area contributed by atoms with Gasteiger partial charge >= 0.3 is 0 Å². The molecule has 0 aliphatic carbocycles. The Hall–Kier alpha value is -0.300. The van der Waals surface area contributed by atoms with Gasteiger partial charge in [-0.25, -0.2) is 8.42 Å². The zero-order valence-corrected chi connectivity index (χ0v) is 14.6. The Morgan fingerprint density at radius 2 is 2.00 bits per heavy atom. The molecule has 114 valence electrons. The topological polar surface area (TPSA) is 58.2 Å². The first-order chi connectivity index (χ1) is 9.44. The molecule has 0 aliphatic rings. The van der Waals surface area contributed by atoms with Crippen LogP contribution in [0.4, 0.5) is 5.69 Å². The van der Waals surface area contributed by atoms with Gasteiger partial charge in [-0.3, -0.25) is 4.72 Å². The maximum Gasteiger partial charge on any atom is 0.232 e. The highest BCUT2D eigenvalue weighted by molar-refractivity contribution is 9.10. The molecule has 1 rings (SSSR count). The van der Waals surface area contributed by atoms with E-state index in [1.807, 2.05) is 0 Å². The van der Waals surface area contributed by atoms with Crippen molar-refractivity contribution in [2.75, 3.05) is 23.6 Å². The van der Waals surface area contributed by atoms with Crippen LogP contribution in [0.5, 0.6) is 0 Å². The quantitative estimate of drug-likeness (QED) is 0.640. The van der Waals surface area contributed by atoms with E-state index in [-0.39, 0.29) is 5.75 Å². The lowest BCUT2D eigenvalue weighted by Crippen LogP contribution is -2.20. The van der Waals surface area contributed by atoms with Gasteiger partial charge in [0.05, 0.1) is 11.4 Å². The molecule has 0 aliphatic heterocycles. The molecule has 0 saturated heterocycles. The molecule has 4 nitrogen and oxygen atoms in total. The summed E-state index contributed by atoms with van der Waals surface area (Å²) in [6.07, 6.45) is 2.57. The molecular weight excluding hydrogens is 364 g/mol. The minimum Gasteiger partial charge on any atom is -0.317 e. The predicted molar refractivity (Wildman–Crippen MR) is 89.0 cm³/mol. The number of benzene rings is 1. The van der Waals surface area contributed by atoms with E-state index in [1.54, 1.807) is 18.2 Å². The van der Waals surface area contributed by atoms with Crippen LogP contribution >= 0.6 is 27.5 Å². The minimum absolute atomic E-state index is 0.121. The molecule has 7 heteroatoms. The number of nitrogens with one attached hydrogen (secondary N) is 2. The van der Waals surface area contributed by atoms with Crippen LogP contribution in [0.15, 0.2) is 22.7 Å². The van der Waals surface area contributed by atoms with Crippen LogP contribution in [0, 0.1) is 0 Å². The third-order valence-electron chi connectivity index (χ3n) is 2.64. The summed E-state index contributed by atoms with van der Waals surface area (Å²) in [6.45, 7) is 3.93. The van der Waals surface area contributed by atoms with Gasteiger partial charge in [0.1, 0.15) is 0 Å². The fraction of sp³-hybridized carbons (Fsp3) is 0.538. The standard InChI is InChI=1S/C13H20BrClN2O2S/c1-2-7-16-8-3-4-9-20(18,19)17-13-6-5-11(15)10-12(13)14/h5-6,10,16-17H,2-4,7-9H2,1H3. The monoisotopic (exact) mass is 382 g/mol. The van der Waals surface area contributed by atoms with Gasteiger partial charge in [-0.1, -0.05) is 18.5 Å². The molecule has 1 aromatic carbocycles. The Morgan fingerprint density at radius 1 is 1.25 bits per heavy atom. The van der Waals surface area contributed by atoms with E-state index in [0.29, 0.717) is 21.6 Å². The van der Waals surface area contributed by atoms with E-state index >= 15 is 0 Å². The third kappa shape index (κ3) is 6.92. The Labute approximate surface area is 134 Å². The van der Waals surface area contributed by atoms with E-state index in [2.05, 4.69) is 32.9 Å². The summed E-state index contributed by atoms with van der Waals surface area (Å²) in [4.78, 5) is 0. The number of anilines is 1. The summed E-state index contributed by atoms with van der Waals surface area (Å²) in [5.74, 6) is 0.121. The van der Waals surface area contributed by atoms with Crippen LogP contribution < -0.4 is 10.0 Å². The molecule has 0 fully saturated rings. The van der Waals surface area contributed by atoms with E-state index in [0.717, 1.165) is 25.9 Å². The molecule has 0 atom stereocenters. The van der Waals surface area contributed by atoms with Crippen molar-refractivity contribution in [3.8, 4) is 0 Å². The van der Waals surface area contributed by atoms with Gasteiger partial charge in [0.2, 0.25) is 10.0 Å². The van der Waals surface area contributed by atoms with E-state index < -0.39 is 10.0 Å². The number of halogens is 2. The maximum absolute atomic E-state index is 11.9. The molecule has 0 radical (unpaired) electrons. The highest BCUT2D eigenvalue weighted by Gasteiger charge is 2.12. The summed E-state index contributed by atoms with van der Waals surface area (Å²) in [5.41, 5.74) is 0.513. The second-order valence-electron chi connectivity index (χ2n) is 4.50. The Morgan fingerprint density at radius 3 is 2.65 bits per heavy atom. The molecule has 0 spiro atoms. The second-order valence-corrected chi connectivity index (χ2v) is 7.63. The van der Waals surface area contributed by atoms with Crippen LogP contribution in [0.3, 0.4) is 0 Å². The van der Waals surface area contributed by atoms with Crippen molar-refractivity contribution in [3.63, 3.8) is 0 Å². The first-order valence-corrected chi connectivity index (χ1v) is 9.43. The van der Waals surface area contributed by atoms with E-state index in [4.69, 9.17) is 11.6 Å². The second kappa shape index (κ2) is 8.87. The normalized spacial score (nSPS) is 11.6. The number of unbranched alkanes of at least 4 members (excludes halogenated alkanes) is 1. The first-order valence-electron chi connectivity index (χ1n) is 6.61. The van der Waals surface area contributed by atoms with E-state index in [9.17, 15) is 8.42 Å². The molecule has 0 bridgehead atoms. The van der Waals surface area contributed by atoms with Gasteiger partial charge in [-0.2, -0.15) is 0 Å². The average Bonchev–Trinajstić information content (AvgIpc) is 2.37. The minimum atomic E-state index is -3.31. The smallest absolute Gasteiger partial charge is 0.232 e. The van der Waals surface area contributed by atoms with Crippen molar-refractivity contribution in [3.05, 3.63) is 27.7 Å². The predicted octanol–water partition coefficient (Wildman–Crippen LogP) is 3.62. The molecule has 2 N–H and O–H groups in total. The van der Waals surface area contributed by atoms with Gasteiger partial charge in [0, 0.05) is 9.50 Å². The molecule has 0 unspecified atom stereocenters. The number of hydrogen-bond acceptors (Lipinski definition) is 3. The van der Waals surface area contributed by atoms with Crippen LogP contribution in [-0.2, 0) is 10.0 Å². The largest absolute Gasteiger partial charge is 0.317 e. The summed E-state index contributed by atoms with van der Waals surface area (Å²) in [6, 6.07) is 4.96. The lowest BCUT2D eigenvalue weighted by molar-refractivity contribution is 0.590. The Bertz CT molecular complexity index is 523.